The number of sulfonamides is 1. The van der Waals surface area contributed by atoms with E-state index >= 15 is 0 Å². The Kier molecular flexibility index (Phi) is 6.89. The Balaban J connectivity index is 0.00000225. The topological polar surface area (TPSA) is 69.7 Å². The number of thiophene rings is 1. The standard InChI is InChI=1S/C16H25N3O3S2.ClH/c1-12-10-18(9-7-17-12)16(20)14-4-3-8-19(11-14)24(21,22)15-6-5-13(2)23-15;/h5-6,12,14,17H,3-4,7-11H2,1-2H3;1H. The van der Waals surface area contributed by atoms with Crippen LogP contribution in [0.15, 0.2) is 16.3 Å². The van der Waals surface area contributed by atoms with E-state index in [1.54, 1.807) is 6.07 Å². The van der Waals surface area contributed by atoms with Crippen LogP contribution in [0.4, 0.5) is 0 Å². The van der Waals surface area contributed by atoms with Crippen LogP contribution in [-0.4, -0.2) is 62.3 Å². The predicted octanol–water partition coefficient (Wildman–Crippen LogP) is 1.70. The first kappa shape index (κ1) is 20.6. The maximum absolute atomic E-state index is 12.8. The Morgan fingerprint density at radius 1 is 1.28 bits per heavy atom. The molecule has 1 N–H and O–H groups in total. The number of piperidine rings is 1. The fourth-order valence-electron chi connectivity index (χ4n) is 3.43. The quantitative estimate of drug-likeness (QED) is 0.827. The summed E-state index contributed by atoms with van der Waals surface area (Å²) in [7, 11) is -3.48. The number of carbonyl (C=O) groups is 1. The lowest BCUT2D eigenvalue weighted by molar-refractivity contribution is -0.137. The van der Waals surface area contributed by atoms with E-state index in [-0.39, 0.29) is 24.2 Å². The second-order valence-electron chi connectivity index (χ2n) is 6.71. The van der Waals surface area contributed by atoms with Gasteiger partial charge in [0.1, 0.15) is 4.21 Å². The van der Waals surface area contributed by atoms with E-state index in [1.165, 1.54) is 15.6 Å². The van der Waals surface area contributed by atoms with Crippen LogP contribution in [0.2, 0.25) is 0 Å². The van der Waals surface area contributed by atoms with Gasteiger partial charge >= 0.3 is 0 Å². The summed E-state index contributed by atoms with van der Waals surface area (Å²) in [5.41, 5.74) is 0. The van der Waals surface area contributed by atoms with Crippen LogP contribution >= 0.6 is 23.7 Å². The Morgan fingerprint density at radius 2 is 2.04 bits per heavy atom. The van der Waals surface area contributed by atoms with Gasteiger partial charge in [-0.05, 0) is 38.8 Å². The summed E-state index contributed by atoms with van der Waals surface area (Å²) in [5, 5.41) is 3.33. The van der Waals surface area contributed by atoms with Crippen molar-refractivity contribution < 1.29 is 13.2 Å². The van der Waals surface area contributed by atoms with E-state index in [9.17, 15) is 13.2 Å². The smallest absolute Gasteiger partial charge is 0.252 e. The third-order valence-corrected chi connectivity index (χ3v) is 8.06. The van der Waals surface area contributed by atoms with Crippen LogP contribution in [0.3, 0.4) is 0 Å². The fraction of sp³-hybridized carbons (Fsp3) is 0.688. The lowest BCUT2D eigenvalue weighted by Crippen LogP contribution is -2.54. The number of carbonyl (C=O) groups excluding carboxylic acids is 1. The van der Waals surface area contributed by atoms with Crippen molar-refractivity contribution in [1.29, 1.82) is 0 Å². The van der Waals surface area contributed by atoms with E-state index in [0.29, 0.717) is 36.4 Å². The summed E-state index contributed by atoms with van der Waals surface area (Å²) in [5.74, 6) is -0.120. The Morgan fingerprint density at radius 3 is 2.68 bits per heavy atom. The number of nitrogens with one attached hydrogen (secondary N) is 1. The van der Waals surface area contributed by atoms with Gasteiger partial charge in [0.25, 0.3) is 10.0 Å². The van der Waals surface area contributed by atoms with E-state index in [2.05, 4.69) is 12.2 Å². The van der Waals surface area contributed by atoms with Crippen LogP contribution in [0.5, 0.6) is 0 Å². The van der Waals surface area contributed by atoms with Crippen molar-refractivity contribution in [3.8, 4) is 0 Å². The van der Waals surface area contributed by atoms with Crippen molar-refractivity contribution in [2.24, 2.45) is 5.92 Å². The number of rotatable bonds is 3. The molecular weight excluding hydrogens is 382 g/mol. The fourth-order valence-corrected chi connectivity index (χ4v) is 6.39. The van der Waals surface area contributed by atoms with Crippen LogP contribution in [0, 0.1) is 12.8 Å². The maximum Gasteiger partial charge on any atom is 0.252 e. The molecule has 1 aromatic rings. The number of hydrogen-bond donors (Lipinski definition) is 1. The van der Waals surface area contributed by atoms with Crippen LogP contribution in [0.25, 0.3) is 0 Å². The molecule has 25 heavy (non-hydrogen) atoms. The van der Waals surface area contributed by atoms with Gasteiger partial charge in [0.2, 0.25) is 5.91 Å². The van der Waals surface area contributed by atoms with Gasteiger partial charge in [0, 0.05) is 43.6 Å². The molecule has 9 heteroatoms. The lowest BCUT2D eigenvalue weighted by atomic mass is 9.97. The first-order valence-corrected chi connectivity index (χ1v) is 10.7. The predicted molar refractivity (Wildman–Crippen MR) is 102 cm³/mol. The van der Waals surface area contributed by atoms with Gasteiger partial charge in [-0.3, -0.25) is 4.79 Å². The highest BCUT2D eigenvalue weighted by atomic mass is 35.5. The molecule has 0 saturated carbocycles. The molecule has 2 aliphatic rings. The molecule has 2 atom stereocenters. The summed E-state index contributed by atoms with van der Waals surface area (Å²) < 4.78 is 27.5. The van der Waals surface area contributed by atoms with E-state index in [0.717, 1.165) is 24.3 Å². The van der Waals surface area contributed by atoms with Crippen molar-refractivity contribution in [3.05, 3.63) is 17.0 Å². The largest absolute Gasteiger partial charge is 0.340 e. The molecule has 3 rings (SSSR count). The zero-order valence-electron chi connectivity index (χ0n) is 14.6. The summed E-state index contributed by atoms with van der Waals surface area (Å²) in [6.07, 6.45) is 1.51. The SMILES string of the molecule is Cc1ccc(S(=O)(=O)N2CCCC(C(=O)N3CCNC(C)C3)C2)s1.Cl. The molecule has 1 aromatic heterocycles. The Labute approximate surface area is 160 Å². The number of nitrogens with zero attached hydrogens (tertiary/aromatic N) is 2. The first-order valence-electron chi connectivity index (χ1n) is 8.46. The minimum Gasteiger partial charge on any atom is -0.340 e. The molecule has 0 aliphatic carbocycles. The van der Waals surface area contributed by atoms with Crippen molar-refractivity contribution in [2.75, 3.05) is 32.7 Å². The molecule has 2 unspecified atom stereocenters. The summed E-state index contributed by atoms with van der Waals surface area (Å²) in [6.45, 7) is 6.98. The van der Waals surface area contributed by atoms with Crippen molar-refractivity contribution >= 4 is 39.7 Å². The molecule has 2 fully saturated rings. The van der Waals surface area contributed by atoms with Crippen LogP contribution in [0.1, 0.15) is 24.6 Å². The van der Waals surface area contributed by atoms with E-state index in [1.807, 2.05) is 17.9 Å². The average molecular weight is 408 g/mol. The van der Waals surface area contributed by atoms with Gasteiger partial charge in [0.05, 0.1) is 5.92 Å². The minimum absolute atomic E-state index is 0. The maximum atomic E-state index is 12.8. The van der Waals surface area contributed by atoms with Crippen molar-refractivity contribution in [2.45, 2.75) is 36.9 Å². The molecule has 6 nitrogen and oxygen atoms in total. The second kappa shape index (κ2) is 8.35. The highest BCUT2D eigenvalue weighted by molar-refractivity contribution is 7.91. The molecule has 3 heterocycles. The monoisotopic (exact) mass is 407 g/mol. The van der Waals surface area contributed by atoms with Crippen LogP contribution in [-0.2, 0) is 14.8 Å². The lowest BCUT2D eigenvalue weighted by Gasteiger charge is -2.37. The number of amides is 1. The van der Waals surface area contributed by atoms with Crippen LogP contribution < -0.4 is 5.32 Å². The number of aryl methyl sites for hydroxylation is 1. The van der Waals surface area contributed by atoms with Crippen molar-refractivity contribution in [1.82, 2.24) is 14.5 Å². The van der Waals surface area contributed by atoms with Gasteiger partial charge in [-0.1, -0.05) is 0 Å². The van der Waals surface area contributed by atoms with Gasteiger partial charge < -0.3 is 10.2 Å². The molecule has 2 aliphatic heterocycles. The highest BCUT2D eigenvalue weighted by Gasteiger charge is 2.36. The average Bonchev–Trinajstić information content (AvgIpc) is 3.01. The van der Waals surface area contributed by atoms with E-state index in [4.69, 9.17) is 0 Å². The van der Waals surface area contributed by atoms with Gasteiger partial charge in [-0.15, -0.1) is 23.7 Å². The third kappa shape index (κ3) is 4.54. The van der Waals surface area contributed by atoms with E-state index < -0.39 is 10.0 Å². The first-order chi connectivity index (χ1) is 11.4. The number of piperazine rings is 1. The van der Waals surface area contributed by atoms with Gasteiger partial charge in [-0.2, -0.15) is 4.31 Å². The summed E-state index contributed by atoms with van der Waals surface area (Å²) in [4.78, 5) is 15.7. The molecule has 0 spiro atoms. The Hall–Kier alpha value is -0.670. The van der Waals surface area contributed by atoms with Gasteiger partial charge in [-0.25, -0.2) is 8.42 Å². The molecular formula is C16H26ClN3O3S2. The number of halogens is 1. The Bertz CT molecular complexity index is 707. The molecule has 1 amide bonds. The summed E-state index contributed by atoms with van der Waals surface area (Å²) in [6, 6.07) is 3.78. The molecule has 142 valence electrons. The second-order valence-corrected chi connectivity index (χ2v) is 10.2. The zero-order valence-corrected chi connectivity index (χ0v) is 17.1. The van der Waals surface area contributed by atoms with Crippen molar-refractivity contribution in [3.63, 3.8) is 0 Å². The van der Waals surface area contributed by atoms with Gasteiger partial charge in [0.15, 0.2) is 0 Å². The summed E-state index contributed by atoms with van der Waals surface area (Å²) >= 11 is 1.29. The molecule has 2 saturated heterocycles. The molecule has 0 radical (unpaired) electrons. The normalized spacial score (nSPS) is 25.4. The number of hydrogen-bond acceptors (Lipinski definition) is 5. The minimum atomic E-state index is -3.48. The molecule has 0 bridgehead atoms. The highest BCUT2D eigenvalue weighted by Crippen LogP contribution is 2.29. The molecule has 0 aromatic carbocycles. The third-order valence-electron chi connectivity index (χ3n) is 4.72. The zero-order chi connectivity index (χ0) is 17.3.